The number of hydrogen-bond donors (Lipinski definition) is 2. The molecule has 0 aliphatic heterocycles. The van der Waals surface area contributed by atoms with Crippen molar-refractivity contribution in [2.45, 2.75) is 27.2 Å². The molecule has 0 radical (unpaired) electrons. The molecule has 0 bridgehead atoms. The highest BCUT2D eigenvalue weighted by Gasteiger charge is 1.93. The van der Waals surface area contributed by atoms with Gasteiger partial charge in [-0.2, -0.15) is 0 Å². The highest BCUT2D eigenvalue weighted by atomic mass is 16.1. The van der Waals surface area contributed by atoms with E-state index in [0.29, 0.717) is 0 Å². The molecule has 0 atom stereocenters. The average molecular weight is 184 g/mol. The Morgan fingerprint density at radius 1 is 1.31 bits per heavy atom. The summed E-state index contributed by atoms with van der Waals surface area (Å²) in [5, 5.41) is 6.01. The Morgan fingerprint density at radius 2 is 2.00 bits per heavy atom. The molecule has 13 heavy (non-hydrogen) atoms. The predicted molar refractivity (Wildman–Crippen MR) is 55.6 cm³/mol. The van der Waals surface area contributed by atoms with Gasteiger partial charge in [0.1, 0.15) is 0 Å². The number of allylic oxidation sites excluding steroid dienone is 1. The largest absolute Gasteiger partial charge is 0.353 e. The summed E-state index contributed by atoms with van der Waals surface area (Å²) in [5.74, 6) is 0.0106. The van der Waals surface area contributed by atoms with Crippen LogP contribution < -0.4 is 10.6 Å². The van der Waals surface area contributed by atoms with E-state index in [2.05, 4.69) is 17.6 Å². The maximum absolute atomic E-state index is 11.1. The van der Waals surface area contributed by atoms with Crippen LogP contribution in [0, 0.1) is 0 Å². The third kappa shape index (κ3) is 9.08. The van der Waals surface area contributed by atoms with Crippen molar-refractivity contribution in [1.29, 1.82) is 0 Å². The van der Waals surface area contributed by atoms with E-state index >= 15 is 0 Å². The molecule has 0 aliphatic carbocycles. The molecule has 0 aromatic rings. The molecule has 1 amide bonds. The predicted octanol–water partition coefficient (Wildman–Crippen LogP) is 1.07. The summed E-state index contributed by atoms with van der Waals surface area (Å²) < 4.78 is 0. The molecule has 76 valence electrons. The van der Waals surface area contributed by atoms with E-state index in [1.165, 1.54) is 0 Å². The first-order chi connectivity index (χ1) is 6.16. The highest BCUT2D eigenvalue weighted by molar-refractivity contribution is 5.87. The second-order valence-corrected chi connectivity index (χ2v) is 3.22. The third-order valence-corrected chi connectivity index (χ3v) is 1.50. The minimum absolute atomic E-state index is 0.0106. The van der Waals surface area contributed by atoms with Crippen molar-refractivity contribution >= 4 is 5.91 Å². The summed E-state index contributed by atoms with van der Waals surface area (Å²) in [6, 6.07) is 0. The lowest BCUT2D eigenvalue weighted by molar-refractivity contribution is -0.116. The molecule has 0 saturated carbocycles. The molecule has 0 unspecified atom stereocenters. The Hall–Kier alpha value is -0.830. The van der Waals surface area contributed by atoms with Crippen LogP contribution in [0.3, 0.4) is 0 Å². The normalized spacial score (nSPS) is 9.46. The second kappa shape index (κ2) is 7.80. The van der Waals surface area contributed by atoms with Gasteiger partial charge < -0.3 is 10.6 Å². The van der Waals surface area contributed by atoms with Gasteiger partial charge in [-0.25, -0.2) is 0 Å². The van der Waals surface area contributed by atoms with Crippen LogP contribution in [0.5, 0.6) is 0 Å². The first-order valence-corrected chi connectivity index (χ1v) is 4.80. The summed E-state index contributed by atoms with van der Waals surface area (Å²) in [6.45, 7) is 8.60. The Labute approximate surface area is 80.6 Å². The summed E-state index contributed by atoms with van der Waals surface area (Å²) >= 11 is 0. The Morgan fingerprint density at radius 3 is 2.54 bits per heavy atom. The lowest BCUT2D eigenvalue weighted by Crippen LogP contribution is -2.25. The summed E-state index contributed by atoms with van der Waals surface area (Å²) in [4.78, 5) is 11.1. The molecule has 0 saturated heterocycles. The number of carbonyl (C=O) groups excluding carboxylic acids is 1. The van der Waals surface area contributed by atoms with Crippen LogP contribution in [0.15, 0.2) is 11.6 Å². The van der Waals surface area contributed by atoms with Crippen molar-refractivity contribution < 1.29 is 4.79 Å². The van der Waals surface area contributed by atoms with Gasteiger partial charge in [0.25, 0.3) is 0 Å². The fourth-order valence-corrected chi connectivity index (χ4v) is 0.915. The van der Waals surface area contributed by atoms with Crippen molar-refractivity contribution in [2.24, 2.45) is 0 Å². The topological polar surface area (TPSA) is 41.1 Å². The molecule has 0 aliphatic rings. The van der Waals surface area contributed by atoms with E-state index in [0.717, 1.165) is 31.6 Å². The maximum atomic E-state index is 11.1. The van der Waals surface area contributed by atoms with Crippen LogP contribution in [-0.4, -0.2) is 25.5 Å². The number of amides is 1. The van der Waals surface area contributed by atoms with Gasteiger partial charge in [0.15, 0.2) is 0 Å². The van der Waals surface area contributed by atoms with E-state index in [4.69, 9.17) is 0 Å². The van der Waals surface area contributed by atoms with Crippen molar-refractivity contribution in [1.82, 2.24) is 10.6 Å². The number of rotatable bonds is 6. The van der Waals surface area contributed by atoms with Gasteiger partial charge in [0.05, 0.1) is 0 Å². The Bertz CT molecular complexity index is 172. The van der Waals surface area contributed by atoms with Gasteiger partial charge in [-0.1, -0.05) is 12.5 Å². The zero-order valence-corrected chi connectivity index (χ0v) is 8.81. The lowest BCUT2D eigenvalue weighted by Gasteiger charge is -2.02. The van der Waals surface area contributed by atoms with Gasteiger partial charge in [-0.05, 0) is 33.4 Å². The van der Waals surface area contributed by atoms with Gasteiger partial charge >= 0.3 is 0 Å². The van der Waals surface area contributed by atoms with Crippen LogP contribution in [0.2, 0.25) is 0 Å². The third-order valence-electron chi connectivity index (χ3n) is 1.50. The van der Waals surface area contributed by atoms with E-state index in [1.54, 1.807) is 6.08 Å². The molecule has 0 aromatic carbocycles. The zero-order valence-electron chi connectivity index (χ0n) is 8.81. The quantitative estimate of drug-likeness (QED) is 0.479. The first kappa shape index (κ1) is 12.2. The van der Waals surface area contributed by atoms with E-state index < -0.39 is 0 Å². The summed E-state index contributed by atoms with van der Waals surface area (Å²) in [5.41, 5.74) is 1.03. The van der Waals surface area contributed by atoms with Crippen LogP contribution in [0.4, 0.5) is 0 Å². The molecule has 0 heterocycles. The summed E-state index contributed by atoms with van der Waals surface area (Å²) in [7, 11) is 0. The molecular formula is C10H20N2O. The molecule has 0 fully saturated rings. The smallest absolute Gasteiger partial charge is 0.243 e. The van der Waals surface area contributed by atoms with Gasteiger partial charge in [0.2, 0.25) is 5.91 Å². The minimum atomic E-state index is 0.0106. The molecule has 3 nitrogen and oxygen atoms in total. The van der Waals surface area contributed by atoms with Crippen molar-refractivity contribution in [3.05, 3.63) is 11.6 Å². The number of hydrogen-bond acceptors (Lipinski definition) is 2. The fourth-order valence-electron chi connectivity index (χ4n) is 0.915. The zero-order chi connectivity index (χ0) is 10.1. The van der Waals surface area contributed by atoms with Crippen LogP contribution in [0.1, 0.15) is 27.2 Å². The first-order valence-electron chi connectivity index (χ1n) is 4.80. The SMILES string of the molecule is CCNCCCNC(=O)C=C(C)C. The highest BCUT2D eigenvalue weighted by Crippen LogP contribution is 1.86. The molecule has 0 aromatic heterocycles. The van der Waals surface area contributed by atoms with E-state index in [1.807, 2.05) is 13.8 Å². The van der Waals surface area contributed by atoms with Crippen molar-refractivity contribution in [3.63, 3.8) is 0 Å². The van der Waals surface area contributed by atoms with Crippen LogP contribution in [0.25, 0.3) is 0 Å². The fraction of sp³-hybridized carbons (Fsp3) is 0.700. The lowest BCUT2D eigenvalue weighted by atomic mass is 10.3. The molecule has 0 rings (SSSR count). The standard InChI is InChI=1S/C10H20N2O/c1-4-11-6-5-7-12-10(13)8-9(2)3/h8,11H,4-7H2,1-3H3,(H,12,13). The molecule has 3 heteroatoms. The minimum Gasteiger partial charge on any atom is -0.353 e. The van der Waals surface area contributed by atoms with Crippen molar-refractivity contribution in [2.75, 3.05) is 19.6 Å². The monoisotopic (exact) mass is 184 g/mol. The maximum Gasteiger partial charge on any atom is 0.243 e. The van der Waals surface area contributed by atoms with Gasteiger partial charge in [-0.15, -0.1) is 0 Å². The molecule has 2 N–H and O–H groups in total. The van der Waals surface area contributed by atoms with Crippen LogP contribution in [-0.2, 0) is 4.79 Å². The average Bonchev–Trinajstić information content (AvgIpc) is 2.02. The van der Waals surface area contributed by atoms with Crippen LogP contribution >= 0.6 is 0 Å². The molecule has 0 spiro atoms. The molecular weight excluding hydrogens is 164 g/mol. The Balaban J connectivity index is 3.33. The van der Waals surface area contributed by atoms with Gasteiger partial charge in [0, 0.05) is 12.6 Å². The van der Waals surface area contributed by atoms with E-state index in [9.17, 15) is 4.79 Å². The van der Waals surface area contributed by atoms with Crippen molar-refractivity contribution in [3.8, 4) is 0 Å². The number of carbonyl (C=O) groups is 1. The number of nitrogens with one attached hydrogen (secondary N) is 2. The van der Waals surface area contributed by atoms with E-state index in [-0.39, 0.29) is 5.91 Å². The second-order valence-electron chi connectivity index (χ2n) is 3.22. The summed E-state index contributed by atoms with van der Waals surface area (Å²) in [6.07, 6.45) is 2.60. The van der Waals surface area contributed by atoms with Gasteiger partial charge in [-0.3, -0.25) is 4.79 Å². The Kier molecular flexibility index (Phi) is 7.30.